The summed E-state index contributed by atoms with van der Waals surface area (Å²) >= 11 is 0. The molecule has 1 saturated heterocycles. The van der Waals surface area contributed by atoms with Gasteiger partial charge in [0.2, 0.25) is 0 Å². The molecule has 1 rings (SSSR count). The van der Waals surface area contributed by atoms with Gasteiger partial charge >= 0.3 is 0 Å². The van der Waals surface area contributed by atoms with Crippen molar-refractivity contribution in [1.82, 2.24) is 0 Å². The Hall–Kier alpha value is -0.480. The first kappa shape index (κ1) is 8.62. The van der Waals surface area contributed by atoms with Crippen LogP contribution in [0.5, 0.6) is 0 Å². The molecule has 0 spiro atoms. The van der Waals surface area contributed by atoms with Gasteiger partial charge in [0.05, 0.1) is 18.6 Å². The Labute approximate surface area is 69.1 Å². The molecular weight excluding hydrogens is 136 g/mol. The van der Waals surface area contributed by atoms with E-state index in [2.05, 4.69) is 32.6 Å². The van der Waals surface area contributed by atoms with Crippen LogP contribution in [-0.2, 0) is 4.74 Å². The molecule has 0 aliphatic carbocycles. The summed E-state index contributed by atoms with van der Waals surface area (Å²) in [5, 5.41) is 0. The highest BCUT2D eigenvalue weighted by molar-refractivity contribution is 5.15. The van der Waals surface area contributed by atoms with Crippen LogP contribution in [0, 0.1) is 23.2 Å². The van der Waals surface area contributed by atoms with E-state index in [-0.39, 0.29) is 5.41 Å². The lowest BCUT2D eigenvalue weighted by molar-refractivity contribution is -0.0775. The van der Waals surface area contributed by atoms with Crippen LogP contribution in [-0.4, -0.2) is 13.2 Å². The molecule has 0 unspecified atom stereocenters. The molecule has 0 bridgehead atoms. The van der Waals surface area contributed by atoms with E-state index in [1.54, 1.807) is 0 Å². The molecule has 0 aromatic rings. The number of hydrogen-bond donors (Lipinski definition) is 0. The molecule has 0 radical (unpaired) electrons. The summed E-state index contributed by atoms with van der Waals surface area (Å²) < 4.78 is 5.16. The van der Waals surface area contributed by atoms with Crippen molar-refractivity contribution in [2.24, 2.45) is 11.3 Å². The van der Waals surface area contributed by atoms with Crippen LogP contribution in [0.2, 0.25) is 0 Å². The predicted molar refractivity (Wildman–Crippen MR) is 46.2 cm³/mol. The van der Waals surface area contributed by atoms with E-state index in [4.69, 9.17) is 4.74 Å². The van der Waals surface area contributed by atoms with E-state index in [0.29, 0.717) is 5.92 Å². The van der Waals surface area contributed by atoms with Crippen molar-refractivity contribution >= 4 is 0 Å². The first-order valence-corrected chi connectivity index (χ1v) is 4.29. The largest absolute Gasteiger partial charge is 0.378 e. The highest BCUT2D eigenvalue weighted by atomic mass is 16.5. The third-order valence-electron chi connectivity index (χ3n) is 2.06. The third kappa shape index (κ3) is 1.97. The van der Waals surface area contributed by atoms with Crippen LogP contribution in [0.15, 0.2) is 0 Å². The van der Waals surface area contributed by atoms with Gasteiger partial charge in [-0.25, -0.2) is 0 Å². The van der Waals surface area contributed by atoms with Crippen LogP contribution in [0.1, 0.15) is 27.2 Å². The van der Waals surface area contributed by atoms with Crippen molar-refractivity contribution in [2.75, 3.05) is 13.2 Å². The molecule has 0 aromatic heterocycles. The lowest BCUT2D eigenvalue weighted by Crippen LogP contribution is -2.40. The lowest BCUT2D eigenvalue weighted by Gasteiger charge is -2.36. The van der Waals surface area contributed by atoms with E-state index in [0.717, 1.165) is 19.6 Å². The molecule has 1 heteroatoms. The molecule has 0 atom stereocenters. The van der Waals surface area contributed by atoms with Gasteiger partial charge in [-0.15, -0.1) is 0 Å². The van der Waals surface area contributed by atoms with E-state index in [1.807, 2.05) is 0 Å². The van der Waals surface area contributed by atoms with Gasteiger partial charge in [-0.2, -0.15) is 0 Å². The molecule has 11 heavy (non-hydrogen) atoms. The Morgan fingerprint density at radius 1 is 1.45 bits per heavy atom. The minimum absolute atomic E-state index is 0.213. The minimum atomic E-state index is 0.213. The highest BCUT2D eigenvalue weighted by Crippen LogP contribution is 2.30. The van der Waals surface area contributed by atoms with E-state index in [1.165, 1.54) is 0 Å². The molecule has 0 aromatic carbocycles. The average molecular weight is 152 g/mol. The Bertz CT molecular complexity index is 173. The Kier molecular flexibility index (Phi) is 2.57. The molecule has 62 valence electrons. The minimum Gasteiger partial charge on any atom is -0.378 e. The quantitative estimate of drug-likeness (QED) is 0.523. The molecule has 0 amide bonds. The van der Waals surface area contributed by atoms with Crippen molar-refractivity contribution in [2.45, 2.75) is 27.2 Å². The standard InChI is InChI=1S/C10H16O/c1-4-10(7-11-8-10)6-5-9(2)3/h9H,4,7-8H2,1-3H3. The summed E-state index contributed by atoms with van der Waals surface area (Å²) in [6.45, 7) is 8.09. The smallest absolute Gasteiger partial charge is 0.0777 e. The zero-order valence-electron chi connectivity index (χ0n) is 7.61. The number of rotatable bonds is 1. The highest BCUT2D eigenvalue weighted by Gasteiger charge is 2.34. The average Bonchev–Trinajstić information content (AvgIpc) is 1.86. The third-order valence-corrected chi connectivity index (χ3v) is 2.06. The van der Waals surface area contributed by atoms with Crippen molar-refractivity contribution < 1.29 is 4.74 Å². The second-order valence-corrected chi connectivity index (χ2v) is 3.55. The van der Waals surface area contributed by atoms with E-state index >= 15 is 0 Å². The molecule has 1 fully saturated rings. The summed E-state index contributed by atoms with van der Waals surface area (Å²) in [7, 11) is 0. The summed E-state index contributed by atoms with van der Waals surface area (Å²) in [5.41, 5.74) is 0.213. The fraction of sp³-hybridized carbons (Fsp3) is 0.800. The predicted octanol–water partition coefficient (Wildman–Crippen LogP) is 2.07. The zero-order chi connectivity index (χ0) is 8.32. The Morgan fingerprint density at radius 2 is 2.09 bits per heavy atom. The fourth-order valence-corrected chi connectivity index (χ4v) is 1.01. The normalized spacial score (nSPS) is 20.4. The monoisotopic (exact) mass is 152 g/mol. The van der Waals surface area contributed by atoms with Gasteiger partial charge in [0.25, 0.3) is 0 Å². The zero-order valence-corrected chi connectivity index (χ0v) is 7.61. The van der Waals surface area contributed by atoms with Crippen molar-refractivity contribution in [1.29, 1.82) is 0 Å². The van der Waals surface area contributed by atoms with Crippen molar-refractivity contribution in [3.63, 3.8) is 0 Å². The second-order valence-electron chi connectivity index (χ2n) is 3.55. The molecule has 1 aliphatic heterocycles. The molecule has 1 nitrogen and oxygen atoms in total. The van der Waals surface area contributed by atoms with Crippen molar-refractivity contribution in [3.05, 3.63) is 0 Å². The molecule has 0 N–H and O–H groups in total. The maximum atomic E-state index is 5.16. The topological polar surface area (TPSA) is 9.23 Å². The summed E-state index contributed by atoms with van der Waals surface area (Å²) in [4.78, 5) is 0. The SMILES string of the molecule is CCC1(C#CC(C)C)COC1. The lowest BCUT2D eigenvalue weighted by atomic mass is 9.83. The first-order chi connectivity index (χ1) is 5.18. The van der Waals surface area contributed by atoms with Gasteiger partial charge in [0.15, 0.2) is 0 Å². The number of hydrogen-bond acceptors (Lipinski definition) is 1. The van der Waals surface area contributed by atoms with Crippen molar-refractivity contribution in [3.8, 4) is 11.8 Å². The summed E-state index contributed by atoms with van der Waals surface area (Å²) in [6.07, 6.45) is 1.12. The summed E-state index contributed by atoms with van der Waals surface area (Å²) in [6, 6.07) is 0. The first-order valence-electron chi connectivity index (χ1n) is 4.29. The van der Waals surface area contributed by atoms with E-state index in [9.17, 15) is 0 Å². The van der Waals surface area contributed by atoms with Crippen LogP contribution in [0.3, 0.4) is 0 Å². The van der Waals surface area contributed by atoms with Gasteiger partial charge in [-0.05, 0) is 6.42 Å². The molecular formula is C10H16O. The van der Waals surface area contributed by atoms with Crippen LogP contribution >= 0.6 is 0 Å². The number of ether oxygens (including phenoxy) is 1. The molecule has 0 saturated carbocycles. The summed E-state index contributed by atoms with van der Waals surface area (Å²) in [5.74, 6) is 7.00. The van der Waals surface area contributed by atoms with E-state index < -0.39 is 0 Å². The Morgan fingerprint density at radius 3 is 2.36 bits per heavy atom. The van der Waals surface area contributed by atoms with Crippen LogP contribution < -0.4 is 0 Å². The Balaban J connectivity index is 2.52. The van der Waals surface area contributed by atoms with Gasteiger partial charge in [0, 0.05) is 5.92 Å². The maximum Gasteiger partial charge on any atom is 0.0777 e. The maximum absolute atomic E-state index is 5.16. The van der Waals surface area contributed by atoms with Gasteiger partial charge in [0.1, 0.15) is 0 Å². The van der Waals surface area contributed by atoms with Crippen LogP contribution in [0.25, 0.3) is 0 Å². The second kappa shape index (κ2) is 3.28. The molecule has 1 aliphatic rings. The van der Waals surface area contributed by atoms with Gasteiger partial charge in [-0.3, -0.25) is 0 Å². The van der Waals surface area contributed by atoms with Crippen LogP contribution in [0.4, 0.5) is 0 Å². The van der Waals surface area contributed by atoms with Gasteiger partial charge in [-0.1, -0.05) is 32.6 Å². The fourth-order valence-electron chi connectivity index (χ4n) is 1.01. The van der Waals surface area contributed by atoms with Gasteiger partial charge < -0.3 is 4.74 Å². The molecule has 1 heterocycles.